The minimum absolute atomic E-state index is 0.214. The van der Waals surface area contributed by atoms with Crippen molar-refractivity contribution in [2.75, 3.05) is 27.7 Å². The largest absolute Gasteiger partial charge is 0.349 e. The van der Waals surface area contributed by atoms with Crippen LogP contribution in [-0.4, -0.2) is 38.5 Å². The van der Waals surface area contributed by atoms with Crippen molar-refractivity contribution in [3.63, 3.8) is 0 Å². The van der Waals surface area contributed by atoms with Crippen LogP contribution in [0.25, 0.3) is 0 Å². The van der Waals surface area contributed by atoms with E-state index in [-0.39, 0.29) is 5.91 Å². The van der Waals surface area contributed by atoms with Gasteiger partial charge in [0.2, 0.25) is 5.91 Å². The molecule has 1 N–H and O–H groups in total. The summed E-state index contributed by atoms with van der Waals surface area (Å²) in [7, 11) is 5.84. The minimum Gasteiger partial charge on any atom is -0.349 e. The van der Waals surface area contributed by atoms with Crippen LogP contribution < -0.4 is 4.90 Å². The average molecular weight is 233 g/mol. The van der Waals surface area contributed by atoms with Crippen LogP contribution in [0.4, 0.5) is 0 Å². The number of quaternary nitrogens is 1. The van der Waals surface area contributed by atoms with Gasteiger partial charge in [-0.25, -0.2) is 0 Å². The molecule has 92 valence electrons. The van der Waals surface area contributed by atoms with Gasteiger partial charge in [0.1, 0.15) is 6.04 Å². The maximum Gasteiger partial charge on any atom is 0.228 e. The first-order valence-corrected chi connectivity index (χ1v) is 6.20. The van der Waals surface area contributed by atoms with Gasteiger partial charge in [0.05, 0.1) is 20.0 Å². The van der Waals surface area contributed by atoms with Gasteiger partial charge in [0, 0.05) is 26.1 Å². The second kappa shape index (κ2) is 4.88. The average Bonchev–Trinajstić information content (AvgIpc) is 2.32. The number of nitrogens with zero attached hydrogens (tertiary/aromatic N) is 1. The topological polar surface area (TPSA) is 24.8 Å². The van der Waals surface area contributed by atoms with Crippen molar-refractivity contribution in [2.24, 2.45) is 0 Å². The molecule has 0 aromatic heterocycles. The van der Waals surface area contributed by atoms with Crippen LogP contribution in [0.5, 0.6) is 0 Å². The molecule has 0 fully saturated rings. The van der Waals surface area contributed by atoms with E-state index in [0.29, 0.717) is 12.5 Å². The first kappa shape index (κ1) is 12.1. The van der Waals surface area contributed by atoms with E-state index in [2.05, 4.69) is 31.3 Å². The van der Waals surface area contributed by atoms with E-state index >= 15 is 0 Å². The molecular weight excluding hydrogens is 212 g/mol. The molecule has 1 aromatic carbocycles. The number of carbonyl (C=O) groups is 1. The van der Waals surface area contributed by atoms with Gasteiger partial charge < -0.3 is 9.80 Å². The third-order valence-electron chi connectivity index (χ3n) is 3.69. The van der Waals surface area contributed by atoms with Gasteiger partial charge in [-0.15, -0.1) is 0 Å². The summed E-state index contributed by atoms with van der Waals surface area (Å²) in [5, 5.41) is 0. The third-order valence-corrected chi connectivity index (χ3v) is 3.69. The second-order valence-corrected chi connectivity index (χ2v) is 5.09. The van der Waals surface area contributed by atoms with E-state index in [1.807, 2.05) is 14.1 Å². The Balaban J connectivity index is 2.24. The van der Waals surface area contributed by atoms with Gasteiger partial charge in [-0.2, -0.15) is 0 Å². The zero-order valence-corrected chi connectivity index (χ0v) is 10.9. The summed E-state index contributed by atoms with van der Waals surface area (Å²) in [5.74, 6) is 0.214. The molecule has 0 aliphatic carbocycles. The highest BCUT2D eigenvalue weighted by atomic mass is 16.2. The van der Waals surface area contributed by atoms with Gasteiger partial charge in [0.15, 0.2) is 0 Å². The number of likely N-dealkylation sites (N-methyl/N-ethyl adjacent to an activating group) is 1. The summed E-state index contributed by atoms with van der Waals surface area (Å²) in [6.45, 7) is 1.11. The first-order valence-electron chi connectivity index (χ1n) is 6.20. The number of fused-ring (bicyclic) bond motifs is 1. The Morgan fingerprint density at radius 1 is 1.41 bits per heavy atom. The lowest BCUT2D eigenvalue weighted by molar-refractivity contribution is -0.914. The zero-order chi connectivity index (χ0) is 12.4. The molecule has 3 heteroatoms. The standard InChI is InChI=1S/C14H20N2O/c1-15(2)14(17)10-13-12-7-5-4-6-11(12)8-9-16(13)3/h4-7,13H,8-10H2,1-3H3/p+1/t13-/m1/s1. The molecule has 17 heavy (non-hydrogen) atoms. The Morgan fingerprint density at radius 3 is 2.82 bits per heavy atom. The fraction of sp³-hybridized carbons (Fsp3) is 0.500. The van der Waals surface area contributed by atoms with Crippen molar-refractivity contribution >= 4 is 5.91 Å². The summed E-state index contributed by atoms with van der Waals surface area (Å²) in [4.78, 5) is 15.0. The molecule has 3 nitrogen and oxygen atoms in total. The molecular formula is C14H21N2O+. The Bertz CT molecular complexity index is 414. The number of hydrogen-bond donors (Lipinski definition) is 1. The van der Waals surface area contributed by atoms with E-state index in [1.165, 1.54) is 16.0 Å². The SMILES string of the molecule is CN(C)C(=O)C[C@@H]1c2ccccc2CC[NH+]1C. The van der Waals surface area contributed by atoms with Gasteiger partial charge in [-0.1, -0.05) is 24.3 Å². The lowest BCUT2D eigenvalue weighted by atomic mass is 9.91. The summed E-state index contributed by atoms with van der Waals surface area (Å²) < 4.78 is 0. The molecule has 1 aliphatic heterocycles. The number of carbonyl (C=O) groups excluding carboxylic acids is 1. The molecule has 1 aromatic rings. The predicted octanol–water partition coefficient (Wildman–Crippen LogP) is 0.277. The first-order chi connectivity index (χ1) is 8.09. The predicted molar refractivity (Wildman–Crippen MR) is 68.0 cm³/mol. The van der Waals surface area contributed by atoms with Crippen molar-refractivity contribution < 1.29 is 9.69 Å². The molecule has 0 spiro atoms. The number of hydrogen-bond acceptors (Lipinski definition) is 1. The van der Waals surface area contributed by atoms with Crippen LogP contribution in [0.3, 0.4) is 0 Å². The summed E-state index contributed by atoms with van der Waals surface area (Å²) in [5.41, 5.74) is 2.76. The number of amides is 1. The van der Waals surface area contributed by atoms with E-state index < -0.39 is 0 Å². The summed E-state index contributed by atoms with van der Waals surface area (Å²) in [6, 6.07) is 8.84. The van der Waals surface area contributed by atoms with Gasteiger partial charge in [0.25, 0.3) is 0 Å². The summed E-state index contributed by atoms with van der Waals surface area (Å²) >= 11 is 0. The van der Waals surface area contributed by atoms with E-state index in [1.54, 1.807) is 4.90 Å². The van der Waals surface area contributed by atoms with Gasteiger partial charge >= 0.3 is 0 Å². The maximum atomic E-state index is 11.9. The quantitative estimate of drug-likeness (QED) is 0.779. The van der Waals surface area contributed by atoms with Crippen LogP contribution in [0, 0.1) is 0 Å². The van der Waals surface area contributed by atoms with Gasteiger partial charge in [-0.3, -0.25) is 4.79 Å². The summed E-state index contributed by atoms with van der Waals surface area (Å²) in [6.07, 6.45) is 1.73. The lowest BCUT2D eigenvalue weighted by Crippen LogP contribution is -3.10. The molecule has 0 saturated heterocycles. The normalized spacial score (nSPS) is 23.0. The molecule has 2 rings (SSSR count). The molecule has 1 amide bonds. The third kappa shape index (κ3) is 2.50. The fourth-order valence-corrected chi connectivity index (χ4v) is 2.51. The highest BCUT2D eigenvalue weighted by molar-refractivity contribution is 5.76. The minimum atomic E-state index is 0.214. The fourth-order valence-electron chi connectivity index (χ4n) is 2.51. The lowest BCUT2D eigenvalue weighted by Gasteiger charge is -2.31. The van der Waals surface area contributed by atoms with Crippen molar-refractivity contribution in [3.8, 4) is 0 Å². The molecule has 1 aliphatic rings. The Kier molecular flexibility index (Phi) is 3.48. The monoisotopic (exact) mass is 233 g/mol. The maximum absolute atomic E-state index is 11.9. The highest BCUT2D eigenvalue weighted by Crippen LogP contribution is 2.22. The number of nitrogens with one attached hydrogen (secondary N) is 1. The molecule has 0 bridgehead atoms. The smallest absolute Gasteiger partial charge is 0.228 e. The van der Waals surface area contributed by atoms with Crippen LogP contribution in [-0.2, 0) is 11.2 Å². The van der Waals surface area contributed by atoms with E-state index in [9.17, 15) is 4.79 Å². The Hall–Kier alpha value is -1.35. The number of benzene rings is 1. The molecule has 0 radical (unpaired) electrons. The second-order valence-electron chi connectivity index (χ2n) is 5.09. The van der Waals surface area contributed by atoms with Crippen LogP contribution in [0.1, 0.15) is 23.6 Å². The van der Waals surface area contributed by atoms with Crippen molar-refractivity contribution in [3.05, 3.63) is 35.4 Å². The number of rotatable bonds is 2. The van der Waals surface area contributed by atoms with Crippen molar-refractivity contribution in [1.82, 2.24) is 4.90 Å². The molecule has 0 saturated carbocycles. The van der Waals surface area contributed by atoms with Crippen LogP contribution in [0.15, 0.2) is 24.3 Å². The zero-order valence-electron chi connectivity index (χ0n) is 10.9. The molecule has 1 heterocycles. The Morgan fingerprint density at radius 2 is 2.12 bits per heavy atom. The van der Waals surface area contributed by atoms with Crippen molar-refractivity contribution in [1.29, 1.82) is 0 Å². The van der Waals surface area contributed by atoms with Crippen LogP contribution in [0.2, 0.25) is 0 Å². The molecule has 1 unspecified atom stereocenters. The highest BCUT2D eigenvalue weighted by Gasteiger charge is 2.30. The molecule has 2 atom stereocenters. The van der Waals surface area contributed by atoms with Gasteiger partial charge in [-0.05, 0) is 5.56 Å². The van der Waals surface area contributed by atoms with Crippen molar-refractivity contribution in [2.45, 2.75) is 18.9 Å². The van der Waals surface area contributed by atoms with Crippen LogP contribution >= 0.6 is 0 Å². The van der Waals surface area contributed by atoms with E-state index in [0.717, 1.165) is 13.0 Å². The Labute approximate surface area is 103 Å². The van der Waals surface area contributed by atoms with E-state index in [4.69, 9.17) is 0 Å².